The molecule has 0 radical (unpaired) electrons. The fourth-order valence-corrected chi connectivity index (χ4v) is 4.02. The largest absolute Gasteiger partial charge is 0.487 e. The number of amides is 1. The van der Waals surface area contributed by atoms with E-state index in [2.05, 4.69) is 29.4 Å². The van der Waals surface area contributed by atoms with Crippen LogP contribution < -0.4 is 10.1 Å². The van der Waals surface area contributed by atoms with Gasteiger partial charge in [-0.05, 0) is 67.1 Å². The molecule has 4 nitrogen and oxygen atoms in total. The molecule has 0 aliphatic carbocycles. The standard InChI is InChI=1S/C25H21ClN2O2S/c1-16-3-7-18(8-4-16)15-30-22-12-9-19(13-21(22)26)14-23-24(29)28-25(31-23)27-20-10-5-17(2)6-11-20/h3-14H,15H2,1-2H3,(H,27,28,29)/b23-14-. The lowest BCUT2D eigenvalue weighted by Crippen LogP contribution is -2.19. The highest BCUT2D eigenvalue weighted by atomic mass is 35.5. The maximum absolute atomic E-state index is 12.3. The van der Waals surface area contributed by atoms with E-state index in [4.69, 9.17) is 16.3 Å². The lowest BCUT2D eigenvalue weighted by Gasteiger charge is -2.09. The number of aliphatic imine (C=N–C) groups is 1. The topological polar surface area (TPSA) is 50.7 Å². The van der Waals surface area contributed by atoms with Crippen LogP contribution in [-0.2, 0) is 11.4 Å². The van der Waals surface area contributed by atoms with E-state index in [-0.39, 0.29) is 5.91 Å². The summed E-state index contributed by atoms with van der Waals surface area (Å²) in [6, 6.07) is 21.5. The van der Waals surface area contributed by atoms with Crippen molar-refractivity contribution < 1.29 is 9.53 Å². The summed E-state index contributed by atoms with van der Waals surface area (Å²) in [5, 5.41) is 3.86. The Balaban J connectivity index is 1.44. The van der Waals surface area contributed by atoms with Gasteiger partial charge in [-0.2, -0.15) is 0 Å². The van der Waals surface area contributed by atoms with Crippen molar-refractivity contribution in [3.8, 4) is 5.75 Å². The predicted octanol–water partition coefficient (Wildman–Crippen LogP) is 6.43. The Hall–Kier alpha value is -3.02. The fraction of sp³-hybridized carbons (Fsp3) is 0.120. The molecule has 0 spiro atoms. The maximum atomic E-state index is 12.3. The van der Waals surface area contributed by atoms with E-state index in [0.717, 1.165) is 22.4 Å². The monoisotopic (exact) mass is 448 g/mol. The number of carbonyl (C=O) groups excluding carboxylic acids is 1. The first-order valence-corrected chi connectivity index (χ1v) is 11.0. The van der Waals surface area contributed by atoms with E-state index in [1.807, 2.05) is 55.5 Å². The van der Waals surface area contributed by atoms with E-state index in [0.29, 0.717) is 27.5 Å². The minimum atomic E-state index is -0.174. The summed E-state index contributed by atoms with van der Waals surface area (Å²) in [6.07, 6.45) is 1.80. The molecular weight excluding hydrogens is 428 g/mol. The highest BCUT2D eigenvalue weighted by Gasteiger charge is 2.23. The van der Waals surface area contributed by atoms with Crippen LogP contribution in [0.25, 0.3) is 6.08 Å². The molecule has 1 aliphatic heterocycles. The van der Waals surface area contributed by atoms with Gasteiger partial charge >= 0.3 is 0 Å². The van der Waals surface area contributed by atoms with Gasteiger partial charge in [0.25, 0.3) is 5.91 Å². The van der Waals surface area contributed by atoms with Crippen molar-refractivity contribution in [2.45, 2.75) is 20.5 Å². The van der Waals surface area contributed by atoms with Crippen molar-refractivity contribution in [2.24, 2.45) is 4.99 Å². The zero-order valence-corrected chi connectivity index (χ0v) is 18.8. The van der Waals surface area contributed by atoms with Crippen LogP contribution in [0.4, 0.5) is 5.69 Å². The van der Waals surface area contributed by atoms with E-state index in [1.54, 1.807) is 12.1 Å². The highest BCUT2D eigenvalue weighted by Crippen LogP contribution is 2.31. The Morgan fingerprint density at radius 3 is 2.35 bits per heavy atom. The van der Waals surface area contributed by atoms with Gasteiger partial charge in [0.1, 0.15) is 12.4 Å². The molecule has 0 unspecified atom stereocenters. The first-order valence-electron chi connectivity index (χ1n) is 9.80. The van der Waals surface area contributed by atoms with Crippen LogP contribution >= 0.6 is 23.4 Å². The molecule has 156 valence electrons. The van der Waals surface area contributed by atoms with Crippen LogP contribution in [0, 0.1) is 13.8 Å². The molecule has 1 heterocycles. The Morgan fingerprint density at radius 1 is 1.00 bits per heavy atom. The zero-order valence-electron chi connectivity index (χ0n) is 17.2. The molecule has 1 amide bonds. The Bertz CT molecular complexity index is 1170. The fourth-order valence-electron chi connectivity index (χ4n) is 2.94. The van der Waals surface area contributed by atoms with Crippen molar-refractivity contribution in [3.63, 3.8) is 0 Å². The Labute approximate surface area is 191 Å². The van der Waals surface area contributed by atoms with Crippen molar-refractivity contribution in [2.75, 3.05) is 0 Å². The summed E-state index contributed by atoms with van der Waals surface area (Å²) < 4.78 is 5.84. The quantitative estimate of drug-likeness (QED) is 0.457. The Kier molecular flexibility index (Phi) is 6.44. The first-order chi connectivity index (χ1) is 15.0. The lowest BCUT2D eigenvalue weighted by atomic mass is 10.1. The third-order valence-electron chi connectivity index (χ3n) is 4.68. The van der Waals surface area contributed by atoms with Gasteiger partial charge in [0, 0.05) is 0 Å². The minimum absolute atomic E-state index is 0.174. The molecule has 0 saturated carbocycles. The van der Waals surface area contributed by atoms with Gasteiger partial charge < -0.3 is 10.1 Å². The number of ether oxygens (including phenoxy) is 1. The van der Waals surface area contributed by atoms with Crippen LogP contribution in [0.5, 0.6) is 5.75 Å². The Morgan fingerprint density at radius 2 is 1.68 bits per heavy atom. The van der Waals surface area contributed by atoms with Crippen molar-refractivity contribution in [1.29, 1.82) is 0 Å². The highest BCUT2D eigenvalue weighted by molar-refractivity contribution is 8.18. The number of benzene rings is 3. The van der Waals surface area contributed by atoms with Gasteiger partial charge in [-0.3, -0.25) is 4.79 Å². The summed E-state index contributed by atoms with van der Waals surface area (Å²) in [6.45, 7) is 4.51. The third-order valence-corrected chi connectivity index (χ3v) is 5.89. The molecule has 3 aromatic carbocycles. The molecular formula is C25H21ClN2O2S. The third kappa shape index (κ3) is 5.57. The van der Waals surface area contributed by atoms with Gasteiger partial charge in [0.2, 0.25) is 0 Å². The van der Waals surface area contributed by atoms with Gasteiger partial charge in [0.15, 0.2) is 5.17 Å². The second-order valence-electron chi connectivity index (χ2n) is 7.28. The number of carbonyl (C=O) groups is 1. The molecule has 1 N–H and O–H groups in total. The number of thioether (sulfide) groups is 1. The predicted molar refractivity (Wildman–Crippen MR) is 129 cm³/mol. The molecule has 6 heteroatoms. The molecule has 4 rings (SSSR count). The van der Waals surface area contributed by atoms with E-state index in [1.165, 1.54) is 17.3 Å². The summed E-state index contributed by atoms with van der Waals surface area (Å²) in [5.41, 5.74) is 5.07. The van der Waals surface area contributed by atoms with Crippen molar-refractivity contribution >= 4 is 46.2 Å². The maximum Gasteiger partial charge on any atom is 0.264 e. The molecule has 31 heavy (non-hydrogen) atoms. The van der Waals surface area contributed by atoms with Crippen molar-refractivity contribution in [1.82, 2.24) is 5.32 Å². The number of hydrogen-bond donors (Lipinski definition) is 1. The molecule has 0 aromatic heterocycles. The van der Waals surface area contributed by atoms with E-state index >= 15 is 0 Å². The number of halogens is 1. The molecule has 1 saturated heterocycles. The number of rotatable bonds is 5. The second-order valence-corrected chi connectivity index (χ2v) is 8.72. The molecule has 1 aliphatic rings. The van der Waals surface area contributed by atoms with Gasteiger partial charge in [-0.15, -0.1) is 0 Å². The van der Waals surface area contributed by atoms with Gasteiger partial charge in [-0.25, -0.2) is 4.99 Å². The molecule has 3 aromatic rings. The van der Waals surface area contributed by atoms with Crippen molar-refractivity contribution in [3.05, 3.63) is 98.9 Å². The smallest absolute Gasteiger partial charge is 0.264 e. The average Bonchev–Trinajstić information content (AvgIpc) is 3.09. The summed E-state index contributed by atoms with van der Waals surface area (Å²) >= 11 is 7.71. The van der Waals surface area contributed by atoms with Crippen LogP contribution in [0.15, 0.2) is 76.6 Å². The molecule has 0 bridgehead atoms. The molecule has 1 fully saturated rings. The van der Waals surface area contributed by atoms with Crippen LogP contribution in [0.2, 0.25) is 5.02 Å². The number of nitrogens with one attached hydrogen (secondary N) is 1. The second kappa shape index (κ2) is 9.41. The number of nitrogens with zero attached hydrogens (tertiary/aromatic N) is 1. The van der Waals surface area contributed by atoms with E-state index < -0.39 is 0 Å². The summed E-state index contributed by atoms with van der Waals surface area (Å²) in [5.74, 6) is 0.432. The minimum Gasteiger partial charge on any atom is -0.487 e. The number of amidine groups is 1. The first kappa shape index (κ1) is 21.2. The number of aryl methyl sites for hydroxylation is 2. The summed E-state index contributed by atoms with van der Waals surface area (Å²) in [4.78, 5) is 17.4. The number of hydrogen-bond acceptors (Lipinski definition) is 4. The normalized spacial score (nSPS) is 16.0. The van der Waals surface area contributed by atoms with Crippen LogP contribution in [0.3, 0.4) is 0 Å². The zero-order chi connectivity index (χ0) is 21.8. The lowest BCUT2D eigenvalue weighted by molar-refractivity contribution is -0.115. The van der Waals surface area contributed by atoms with Gasteiger partial charge in [0.05, 0.1) is 15.6 Å². The van der Waals surface area contributed by atoms with Crippen LogP contribution in [0.1, 0.15) is 22.3 Å². The summed E-state index contributed by atoms with van der Waals surface area (Å²) in [7, 11) is 0. The molecule has 0 atom stereocenters. The average molecular weight is 449 g/mol. The van der Waals surface area contributed by atoms with E-state index in [9.17, 15) is 4.79 Å². The van der Waals surface area contributed by atoms with Crippen LogP contribution in [-0.4, -0.2) is 11.1 Å². The van der Waals surface area contributed by atoms with Gasteiger partial charge in [-0.1, -0.05) is 65.2 Å². The SMILES string of the molecule is Cc1ccc(COc2ccc(/C=C3\SC(=Nc4ccc(C)cc4)NC3=O)cc2Cl)cc1.